The molecule has 0 saturated carbocycles. The lowest BCUT2D eigenvalue weighted by Gasteiger charge is -2.12. The molecule has 1 aromatic heterocycles. The first-order valence-electron chi connectivity index (χ1n) is 8.75. The van der Waals surface area contributed by atoms with Gasteiger partial charge in [0.05, 0.1) is 16.7 Å². The van der Waals surface area contributed by atoms with Gasteiger partial charge in [-0.25, -0.2) is 0 Å². The zero-order valence-electron chi connectivity index (χ0n) is 13.9. The van der Waals surface area contributed by atoms with Gasteiger partial charge in [-0.2, -0.15) is 0 Å². The Morgan fingerprint density at radius 1 is 0.577 bits per heavy atom. The summed E-state index contributed by atoms with van der Waals surface area (Å²) in [6.07, 6.45) is 0. The highest BCUT2D eigenvalue weighted by atomic mass is 35.5. The molecule has 5 aromatic rings. The summed E-state index contributed by atoms with van der Waals surface area (Å²) in [7, 11) is 0. The van der Waals surface area contributed by atoms with Gasteiger partial charge in [0.2, 0.25) is 0 Å². The molecular weight excluding hydrogens is 338 g/mol. The van der Waals surface area contributed by atoms with Crippen LogP contribution < -0.4 is 0 Å². The average Bonchev–Trinajstić information content (AvgIpc) is 2.96. The van der Waals surface area contributed by atoms with Crippen LogP contribution >= 0.6 is 11.6 Å². The van der Waals surface area contributed by atoms with Crippen molar-refractivity contribution in [2.45, 2.75) is 0 Å². The number of para-hydroxylation sites is 2. The van der Waals surface area contributed by atoms with Gasteiger partial charge in [0, 0.05) is 26.9 Å². The molecule has 0 bridgehead atoms. The number of nitrogens with zero attached hydrogens (tertiary/aromatic N) is 1. The van der Waals surface area contributed by atoms with Gasteiger partial charge in [-0.1, -0.05) is 72.3 Å². The second-order valence-electron chi connectivity index (χ2n) is 6.76. The molecule has 1 nitrogen and oxygen atoms in total. The molecule has 0 atom stereocenters. The molecular formula is C24H14ClN. The normalized spacial score (nSPS) is 12.0. The summed E-state index contributed by atoms with van der Waals surface area (Å²) in [5.74, 6) is 0. The molecule has 4 aromatic carbocycles. The second-order valence-corrected chi connectivity index (χ2v) is 7.20. The minimum Gasteiger partial charge on any atom is -0.308 e. The van der Waals surface area contributed by atoms with Crippen molar-refractivity contribution in [3.63, 3.8) is 0 Å². The standard InChI is InChI=1S/C24H14ClN/c25-15-12-13-23-21(14-15)17-7-2-1-6-16(17)19-9-5-10-20-18-8-3-4-11-22(18)26(23)24(19)20/h1-14H. The van der Waals surface area contributed by atoms with Crippen LogP contribution in [0.2, 0.25) is 5.02 Å². The molecule has 0 spiro atoms. The molecule has 6 rings (SSSR count). The minimum absolute atomic E-state index is 0.761. The number of fused-ring (bicyclic) bond motifs is 8. The van der Waals surface area contributed by atoms with Crippen molar-refractivity contribution in [1.29, 1.82) is 0 Å². The molecule has 0 amide bonds. The lowest BCUT2D eigenvalue weighted by molar-refractivity contribution is 1.19. The predicted octanol–water partition coefficient (Wildman–Crippen LogP) is 7.08. The number of halogens is 1. The van der Waals surface area contributed by atoms with E-state index in [0.717, 1.165) is 5.02 Å². The van der Waals surface area contributed by atoms with Gasteiger partial charge >= 0.3 is 0 Å². The lowest BCUT2D eigenvalue weighted by Crippen LogP contribution is -1.95. The Morgan fingerprint density at radius 3 is 2.15 bits per heavy atom. The Labute approximate surface area is 156 Å². The van der Waals surface area contributed by atoms with Crippen molar-refractivity contribution in [2.75, 3.05) is 0 Å². The number of hydrogen-bond donors (Lipinski definition) is 0. The molecule has 2 heteroatoms. The minimum atomic E-state index is 0.761. The Kier molecular flexibility index (Phi) is 2.72. The molecule has 1 aliphatic rings. The SMILES string of the molecule is Clc1ccc2c(c1)-c1ccccc1-c1cccc3c4ccccc4n-2c13. The van der Waals surface area contributed by atoms with E-state index < -0.39 is 0 Å². The molecule has 26 heavy (non-hydrogen) atoms. The van der Waals surface area contributed by atoms with E-state index in [1.165, 1.54) is 49.7 Å². The molecule has 0 unspecified atom stereocenters. The summed E-state index contributed by atoms with van der Waals surface area (Å²) < 4.78 is 2.39. The predicted molar refractivity (Wildman–Crippen MR) is 110 cm³/mol. The second kappa shape index (κ2) is 5.00. The molecule has 0 radical (unpaired) electrons. The third-order valence-corrected chi connectivity index (χ3v) is 5.64. The molecule has 122 valence electrons. The van der Waals surface area contributed by atoms with E-state index in [4.69, 9.17) is 11.6 Å². The van der Waals surface area contributed by atoms with Gasteiger partial charge in [-0.3, -0.25) is 0 Å². The Morgan fingerprint density at radius 2 is 1.27 bits per heavy atom. The van der Waals surface area contributed by atoms with Crippen LogP contribution in [0.4, 0.5) is 0 Å². The topological polar surface area (TPSA) is 4.93 Å². The third-order valence-electron chi connectivity index (χ3n) is 5.40. The summed E-state index contributed by atoms with van der Waals surface area (Å²) >= 11 is 6.39. The average molecular weight is 352 g/mol. The number of hydrogen-bond acceptors (Lipinski definition) is 0. The van der Waals surface area contributed by atoms with Gasteiger partial charge in [0.15, 0.2) is 0 Å². The molecule has 0 fully saturated rings. The van der Waals surface area contributed by atoms with E-state index >= 15 is 0 Å². The maximum atomic E-state index is 6.39. The van der Waals surface area contributed by atoms with Gasteiger partial charge in [0.1, 0.15) is 0 Å². The first-order valence-corrected chi connectivity index (χ1v) is 9.12. The van der Waals surface area contributed by atoms with Gasteiger partial charge in [-0.05, 0) is 35.4 Å². The maximum Gasteiger partial charge on any atom is 0.0619 e. The van der Waals surface area contributed by atoms with E-state index in [0.29, 0.717) is 0 Å². The molecule has 0 aliphatic carbocycles. The lowest BCUT2D eigenvalue weighted by atomic mass is 9.94. The smallest absolute Gasteiger partial charge is 0.0619 e. The van der Waals surface area contributed by atoms with Gasteiger partial charge in [-0.15, -0.1) is 0 Å². The molecule has 0 N–H and O–H groups in total. The fourth-order valence-electron chi connectivity index (χ4n) is 4.36. The Balaban J connectivity index is 1.97. The van der Waals surface area contributed by atoms with Crippen molar-refractivity contribution in [3.8, 4) is 27.9 Å². The first kappa shape index (κ1) is 14.2. The van der Waals surface area contributed by atoms with Crippen molar-refractivity contribution in [1.82, 2.24) is 4.57 Å². The summed E-state index contributed by atoms with van der Waals surface area (Å²) in [5.41, 5.74) is 8.59. The fourth-order valence-corrected chi connectivity index (χ4v) is 4.53. The van der Waals surface area contributed by atoms with Crippen molar-refractivity contribution in [3.05, 3.63) is 90.0 Å². The largest absolute Gasteiger partial charge is 0.308 e. The quantitative estimate of drug-likeness (QED) is 0.275. The molecule has 1 aliphatic heterocycles. The number of rotatable bonds is 0. The van der Waals surface area contributed by atoms with Crippen LogP contribution in [0.25, 0.3) is 49.7 Å². The van der Waals surface area contributed by atoms with Crippen LogP contribution in [0, 0.1) is 0 Å². The highest BCUT2D eigenvalue weighted by Gasteiger charge is 2.23. The van der Waals surface area contributed by atoms with Gasteiger partial charge in [0.25, 0.3) is 0 Å². The van der Waals surface area contributed by atoms with Crippen LogP contribution in [0.5, 0.6) is 0 Å². The number of aromatic nitrogens is 1. The van der Waals surface area contributed by atoms with Crippen LogP contribution in [0.1, 0.15) is 0 Å². The Hall–Kier alpha value is -3.03. The fraction of sp³-hybridized carbons (Fsp3) is 0. The van der Waals surface area contributed by atoms with Crippen LogP contribution in [-0.2, 0) is 0 Å². The summed E-state index contributed by atoms with van der Waals surface area (Å²) in [4.78, 5) is 0. The summed E-state index contributed by atoms with van der Waals surface area (Å²) in [6.45, 7) is 0. The van der Waals surface area contributed by atoms with Crippen LogP contribution in [0.15, 0.2) is 84.9 Å². The van der Waals surface area contributed by atoms with E-state index in [1.54, 1.807) is 0 Å². The third kappa shape index (κ3) is 1.71. The van der Waals surface area contributed by atoms with Gasteiger partial charge < -0.3 is 4.57 Å². The first-order chi connectivity index (χ1) is 12.8. The zero-order chi connectivity index (χ0) is 17.3. The summed E-state index contributed by atoms with van der Waals surface area (Å²) in [5, 5.41) is 3.33. The van der Waals surface area contributed by atoms with Crippen LogP contribution in [0.3, 0.4) is 0 Å². The summed E-state index contributed by atoms with van der Waals surface area (Å²) in [6, 6.07) is 30.1. The zero-order valence-corrected chi connectivity index (χ0v) is 14.7. The highest BCUT2D eigenvalue weighted by molar-refractivity contribution is 6.31. The van der Waals surface area contributed by atoms with E-state index in [1.807, 2.05) is 6.07 Å². The van der Waals surface area contributed by atoms with Crippen molar-refractivity contribution < 1.29 is 0 Å². The maximum absolute atomic E-state index is 6.39. The number of benzene rings is 4. The van der Waals surface area contributed by atoms with Crippen LogP contribution in [-0.4, -0.2) is 4.57 Å². The highest BCUT2D eigenvalue weighted by Crippen LogP contribution is 2.46. The Bertz CT molecular complexity index is 1340. The van der Waals surface area contributed by atoms with E-state index in [-0.39, 0.29) is 0 Å². The van der Waals surface area contributed by atoms with E-state index in [2.05, 4.69) is 83.4 Å². The van der Waals surface area contributed by atoms with Crippen molar-refractivity contribution in [2.24, 2.45) is 0 Å². The van der Waals surface area contributed by atoms with Crippen molar-refractivity contribution >= 4 is 33.4 Å². The molecule has 0 saturated heterocycles. The monoisotopic (exact) mass is 351 g/mol. The molecule has 2 heterocycles. The van der Waals surface area contributed by atoms with E-state index in [9.17, 15) is 0 Å².